The van der Waals surface area contributed by atoms with E-state index in [0.29, 0.717) is 11.6 Å². The molecule has 1 heterocycles. The first kappa shape index (κ1) is 15.0. The van der Waals surface area contributed by atoms with Crippen LogP contribution in [0.15, 0.2) is 24.3 Å². The Morgan fingerprint density at radius 2 is 1.86 bits per heavy atom. The minimum Gasteiger partial charge on any atom is -0.298 e. The Balaban J connectivity index is 1.49. The number of halogens is 1. The van der Waals surface area contributed by atoms with E-state index in [9.17, 15) is 4.79 Å². The molecule has 0 N–H and O–H groups in total. The number of nitrogens with zero attached hydrogens (tertiary/aromatic N) is 2. The van der Waals surface area contributed by atoms with Gasteiger partial charge in [0.1, 0.15) is 0 Å². The Hall–Kier alpha value is -0.900. The Morgan fingerprint density at radius 1 is 1.14 bits per heavy atom. The van der Waals surface area contributed by atoms with Gasteiger partial charge in [-0.2, -0.15) is 0 Å². The zero-order valence-electron chi connectivity index (χ0n) is 12.4. The smallest absolute Gasteiger partial charge is 0.176 e. The van der Waals surface area contributed by atoms with Crippen molar-refractivity contribution in [2.75, 3.05) is 32.7 Å². The maximum Gasteiger partial charge on any atom is 0.176 e. The molecule has 1 saturated heterocycles. The average molecular weight is 307 g/mol. The van der Waals surface area contributed by atoms with Gasteiger partial charge in [0.25, 0.3) is 0 Å². The molecular formula is C17H23ClN2O. The molecule has 1 saturated carbocycles. The van der Waals surface area contributed by atoms with Crippen LogP contribution in [-0.4, -0.2) is 54.3 Å². The van der Waals surface area contributed by atoms with Crippen LogP contribution in [-0.2, 0) is 0 Å². The van der Waals surface area contributed by atoms with Gasteiger partial charge in [0.15, 0.2) is 5.78 Å². The molecule has 0 spiro atoms. The number of hydrogen-bond acceptors (Lipinski definition) is 3. The molecule has 3 rings (SSSR count). The standard InChI is InChI=1S/C17H23ClN2O/c18-15-5-3-4-14(12-15)17(21)13-19-8-10-20(11-9-19)16-6-1-2-7-16/h3-5,12,16H,1-2,6-11,13H2. The molecule has 0 amide bonds. The lowest BCUT2D eigenvalue weighted by Gasteiger charge is -2.37. The summed E-state index contributed by atoms with van der Waals surface area (Å²) in [7, 11) is 0. The van der Waals surface area contributed by atoms with Crippen molar-refractivity contribution in [2.24, 2.45) is 0 Å². The van der Waals surface area contributed by atoms with Gasteiger partial charge in [0.05, 0.1) is 6.54 Å². The number of piperazine rings is 1. The zero-order valence-corrected chi connectivity index (χ0v) is 13.2. The number of Topliss-reactive ketones (excluding diaryl/α,β-unsaturated/α-hetero) is 1. The van der Waals surface area contributed by atoms with Crippen molar-refractivity contribution >= 4 is 17.4 Å². The number of hydrogen-bond donors (Lipinski definition) is 0. The lowest BCUT2D eigenvalue weighted by Crippen LogP contribution is -2.50. The predicted molar refractivity (Wildman–Crippen MR) is 86.1 cm³/mol. The van der Waals surface area contributed by atoms with Crippen LogP contribution >= 0.6 is 11.6 Å². The molecule has 2 fully saturated rings. The Kier molecular flexibility index (Phi) is 4.94. The summed E-state index contributed by atoms with van der Waals surface area (Å²) in [6.07, 6.45) is 5.50. The van der Waals surface area contributed by atoms with E-state index in [1.807, 2.05) is 12.1 Å². The average Bonchev–Trinajstić information content (AvgIpc) is 3.02. The van der Waals surface area contributed by atoms with Crippen LogP contribution in [0.2, 0.25) is 5.02 Å². The highest BCUT2D eigenvalue weighted by Crippen LogP contribution is 2.24. The summed E-state index contributed by atoms with van der Waals surface area (Å²) in [5, 5.41) is 0.631. The minimum absolute atomic E-state index is 0.173. The van der Waals surface area contributed by atoms with Crippen molar-refractivity contribution in [3.05, 3.63) is 34.9 Å². The topological polar surface area (TPSA) is 23.6 Å². The van der Waals surface area contributed by atoms with Crippen LogP contribution in [0.1, 0.15) is 36.0 Å². The predicted octanol–water partition coefficient (Wildman–Crippen LogP) is 3.08. The van der Waals surface area contributed by atoms with Crippen LogP contribution in [0.5, 0.6) is 0 Å². The van der Waals surface area contributed by atoms with E-state index in [1.165, 1.54) is 25.7 Å². The van der Waals surface area contributed by atoms with Crippen molar-refractivity contribution in [2.45, 2.75) is 31.7 Å². The molecule has 1 aliphatic heterocycles. The van der Waals surface area contributed by atoms with Gasteiger partial charge < -0.3 is 0 Å². The van der Waals surface area contributed by atoms with Gasteiger partial charge in [0.2, 0.25) is 0 Å². The van der Waals surface area contributed by atoms with Crippen molar-refractivity contribution < 1.29 is 4.79 Å². The Bertz CT molecular complexity index is 491. The molecule has 1 aromatic rings. The molecule has 4 heteroatoms. The van der Waals surface area contributed by atoms with E-state index < -0.39 is 0 Å². The van der Waals surface area contributed by atoms with Crippen LogP contribution in [0.3, 0.4) is 0 Å². The fourth-order valence-corrected chi connectivity index (χ4v) is 3.70. The third-order valence-corrected chi connectivity index (χ3v) is 5.00. The Labute approximate surface area is 131 Å². The molecule has 0 unspecified atom stereocenters. The largest absolute Gasteiger partial charge is 0.298 e. The van der Waals surface area contributed by atoms with Crippen LogP contribution in [0, 0.1) is 0 Å². The van der Waals surface area contributed by atoms with Crippen LogP contribution in [0.4, 0.5) is 0 Å². The first-order valence-electron chi connectivity index (χ1n) is 7.97. The minimum atomic E-state index is 0.173. The molecule has 2 aliphatic rings. The molecular weight excluding hydrogens is 284 g/mol. The molecule has 0 aromatic heterocycles. The summed E-state index contributed by atoms with van der Waals surface area (Å²) in [6, 6.07) is 8.06. The highest BCUT2D eigenvalue weighted by molar-refractivity contribution is 6.31. The van der Waals surface area contributed by atoms with Crippen molar-refractivity contribution in [1.29, 1.82) is 0 Å². The molecule has 3 nitrogen and oxygen atoms in total. The van der Waals surface area contributed by atoms with E-state index in [0.717, 1.165) is 37.8 Å². The monoisotopic (exact) mass is 306 g/mol. The Morgan fingerprint density at radius 3 is 2.52 bits per heavy atom. The maximum atomic E-state index is 12.3. The highest BCUT2D eigenvalue weighted by atomic mass is 35.5. The van der Waals surface area contributed by atoms with Gasteiger partial charge in [-0.1, -0.05) is 36.6 Å². The summed E-state index contributed by atoms with van der Waals surface area (Å²) in [4.78, 5) is 17.2. The third-order valence-electron chi connectivity index (χ3n) is 4.76. The summed E-state index contributed by atoms with van der Waals surface area (Å²) < 4.78 is 0. The van der Waals surface area contributed by atoms with Gasteiger partial charge in [-0.15, -0.1) is 0 Å². The number of carbonyl (C=O) groups excluding carboxylic acids is 1. The van der Waals surface area contributed by atoms with E-state index in [1.54, 1.807) is 12.1 Å². The third kappa shape index (κ3) is 3.85. The molecule has 0 bridgehead atoms. The first-order chi connectivity index (χ1) is 10.2. The van der Waals surface area contributed by atoms with E-state index >= 15 is 0 Å². The summed E-state index contributed by atoms with van der Waals surface area (Å²) in [5.41, 5.74) is 0.723. The second kappa shape index (κ2) is 6.91. The quantitative estimate of drug-likeness (QED) is 0.799. The maximum absolute atomic E-state index is 12.3. The second-order valence-corrected chi connectivity index (χ2v) is 6.62. The molecule has 1 aliphatic carbocycles. The molecule has 114 valence electrons. The molecule has 21 heavy (non-hydrogen) atoms. The summed E-state index contributed by atoms with van der Waals surface area (Å²) >= 11 is 5.95. The number of benzene rings is 1. The fourth-order valence-electron chi connectivity index (χ4n) is 3.51. The number of rotatable bonds is 4. The lowest BCUT2D eigenvalue weighted by molar-refractivity contribution is 0.0775. The van der Waals surface area contributed by atoms with Gasteiger partial charge in [-0.3, -0.25) is 14.6 Å². The van der Waals surface area contributed by atoms with Crippen LogP contribution < -0.4 is 0 Å². The van der Waals surface area contributed by atoms with Gasteiger partial charge in [0, 0.05) is 42.8 Å². The van der Waals surface area contributed by atoms with Crippen LogP contribution in [0.25, 0.3) is 0 Å². The van der Waals surface area contributed by atoms with Gasteiger partial charge >= 0.3 is 0 Å². The summed E-state index contributed by atoms with van der Waals surface area (Å²) in [5.74, 6) is 0.173. The van der Waals surface area contributed by atoms with E-state index in [4.69, 9.17) is 11.6 Å². The van der Waals surface area contributed by atoms with Crippen molar-refractivity contribution in [3.63, 3.8) is 0 Å². The summed E-state index contributed by atoms with van der Waals surface area (Å²) in [6.45, 7) is 4.73. The number of carbonyl (C=O) groups is 1. The van der Waals surface area contributed by atoms with Gasteiger partial charge in [-0.25, -0.2) is 0 Å². The first-order valence-corrected chi connectivity index (χ1v) is 8.35. The fraction of sp³-hybridized carbons (Fsp3) is 0.588. The highest BCUT2D eigenvalue weighted by Gasteiger charge is 2.26. The normalized spacial score (nSPS) is 21.8. The SMILES string of the molecule is O=C(CN1CCN(C2CCCC2)CC1)c1cccc(Cl)c1. The van der Waals surface area contributed by atoms with Gasteiger partial charge in [-0.05, 0) is 25.0 Å². The van der Waals surface area contributed by atoms with Crippen molar-refractivity contribution in [3.8, 4) is 0 Å². The lowest BCUT2D eigenvalue weighted by atomic mass is 10.1. The number of ketones is 1. The molecule has 1 aromatic carbocycles. The molecule has 0 atom stereocenters. The van der Waals surface area contributed by atoms with Crippen molar-refractivity contribution in [1.82, 2.24) is 9.80 Å². The zero-order chi connectivity index (χ0) is 14.7. The molecule has 0 radical (unpaired) electrons. The van der Waals surface area contributed by atoms with E-state index in [-0.39, 0.29) is 5.78 Å². The van der Waals surface area contributed by atoms with E-state index in [2.05, 4.69) is 9.80 Å². The second-order valence-electron chi connectivity index (χ2n) is 6.18.